The first-order chi connectivity index (χ1) is 28.1. The number of carbonyl (C=O) groups is 3. The van der Waals surface area contributed by atoms with Crippen molar-refractivity contribution in [2.24, 2.45) is 0 Å². The topological polar surface area (TPSA) is 92.7 Å². The average molecular weight is 759 g/mol. The Morgan fingerprint density at radius 3 is 1.83 bits per heavy atom. The molecule has 0 saturated carbocycles. The number of ketones is 2. The van der Waals surface area contributed by atoms with Gasteiger partial charge in [0.05, 0.1) is 45.0 Å². The number of nitrogens with zero attached hydrogens (tertiary/aromatic N) is 4. The van der Waals surface area contributed by atoms with Gasteiger partial charge in [-0.3, -0.25) is 9.59 Å². The predicted octanol–water partition coefficient (Wildman–Crippen LogP) is 10.1. The van der Waals surface area contributed by atoms with E-state index in [2.05, 4.69) is 0 Å². The van der Waals surface area contributed by atoms with E-state index in [0.29, 0.717) is 39.2 Å². The molecule has 1 atom stereocenters. The van der Waals surface area contributed by atoms with Crippen LogP contribution in [0, 0.1) is 27.7 Å². The summed E-state index contributed by atoms with van der Waals surface area (Å²) in [5, 5.41) is 0. The lowest BCUT2D eigenvalue weighted by atomic mass is 9.79. The van der Waals surface area contributed by atoms with Gasteiger partial charge in [-0.1, -0.05) is 113 Å². The Bertz CT molecular complexity index is 2830. The molecule has 8 heteroatoms. The van der Waals surface area contributed by atoms with E-state index < -0.39 is 23.5 Å². The number of para-hydroxylation sites is 2. The Kier molecular flexibility index (Phi) is 9.09. The van der Waals surface area contributed by atoms with Gasteiger partial charge in [0.15, 0.2) is 11.6 Å². The first-order valence-electron chi connectivity index (χ1n) is 19.1. The minimum atomic E-state index is -1.37. The van der Waals surface area contributed by atoms with Crippen LogP contribution >= 0.6 is 0 Å². The second-order valence-electron chi connectivity index (χ2n) is 14.8. The molecule has 3 heterocycles. The van der Waals surface area contributed by atoms with Gasteiger partial charge in [-0.25, -0.2) is 14.8 Å². The number of esters is 1. The highest BCUT2D eigenvalue weighted by Gasteiger charge is 2.49. The Morgan fingerprint density at radius 1 is 0.621 bits per heavy atom. The van der Waals surface area contributed by atoms with E-state index in [1.165, 1.54) is 0 Å². The maximum Gasteiger partial charge on any atom is 0.343 e. The number of anilines is 1. The van der Waals surface area contributed by atoms with Crippen molar-refractivity contribution < 1.29 is 19.1 Å². The highest BCUT2D eigenvalue weighted by Crippen LogP contribution is 2.48. The van der Waals surface area contributed by atoms with Gasteiger partial charge in [-0.2, -0.15) is 0 Å². The van der Waals surface area contributed by atoms with Gasteiger partial charge in [0, 0.05) is 29.2 Å². The van der Waals surface area contributed by atoms with Crippen molar-refractivity contribution in [1.82, 2.24) is 14.9 Å². The standard InChI is InChI=1S/C50H38N4O4/c1-30-12-20-34(21-13-30)43-44(52-40-11-6-5-10-39(40)51-43)41-48(56)46-45(54(37-26-18-33(4)19-27-37)29-38-9-7-8-28-53(38)46)42(47(55)35-22-14-31(2)15-23-35)49(41)58-50(57)36-24-16-32(3)17-25-36/h5-29,41H,1-4H3. The summed E-state index contributed by atoms with van der Waals surface area (Å²) in [7, 11) is 0. The molecule has 0 fully saturated rings. The van der Waals surface area contributed by atoms with Gasteiger partial charge in [0.2, 0.25) is 0 Å². The van der Waals surface area contributed by atoms with Crippen molar-refractivity contribution in [3.8, 4) is 11.3 Å². The molecule has 6 aromatic rings. The second kappa shape index (κ2) is 14.6. The molecule has 0 spiro atoms. The molecule has 282 valence electrons. The van der Waals surface area contributed by atoms with Gasteiger partial charge < -0.3 is 14.5 Å². The summed E-state index contributed by atoms with van der Waals surface area (Å²) in [4.78, 5) is 59.8. The fraction of sp³-hybridized carbons (Fsp3) is 0.100. The number of hydrogen-bond donors (Lipinski definition) is 0. The summed E-state index contributed by atoms with van der Waals surface area (Å²) in [6, 6.07) is 37.4. The van der Waals surface area contributed by atoms with E-state index in [0.717, 1.165) is 22.3 Å². The minimum absolute atomic E-state index is 0.0626. The molecule has 0 amide bonds. The fourth-order valence-corrected chi connectivity index (χ4v) is 7.50. The number of rotatable bonds is 7. The van der Waals surface area contributed by atoms with E-state index in [-0.39, 0.29) is 34.0 Å². The predicted molar refractivity (Wildman–Crippen MR) is 225 cm³/mol. The summed E-state index contributed by atoms with van der Waals surface area (Å²) >= 11 is 0. The van der Waals surface area contributed by atoms with Crippen molar-refractivity contribution >= 4 is 34.3 Å². The van der Waals surface area contributed by atoms with Gasteiger partial charge >= 0.3 is 5.97 Å². The lowest BCUT2D eigenvalue weighted by Crippen LogP contribution is -2.43. The first-order valence-corrected chi connectivity index (χ1v) is 19.1. The minimum Gasteiger partial charge on any atom is -0.425 e. The third-order valence-corrected chi connectivity index (χ3v) is 10.6. The summed E-state index contributed by atoms with van der Waals surface area (Å²) in [6.07, 6.45) is 9.37. The van der Waals surface area contributed by atoms with E-state index >= 15 is 9.59 Å². The maximum absolute atomic E-state index is 15.9. The van der Waals surface area contributed by atoms with E-state index in [1.807, 2.05) is 160 Å². The first kappa shape index (κ1) is 36.2. The number of carbonyl (C=O) groups excluding carboxylic acids is 3. The number of aromatic nitrogens is 2. The molecule has 0 bridgehead atoms. The zero-order valence-corrected chi connectivity index (χ0v) is 32.4. The van der Waals surface area contributed by atoms with Gasteiger partial charge in [-0.05, 0) is 76.2 Å². The van der Waals surface area contributed by atoms with Crippen LogP contribution in [0.3, 0.4) is 0 Å². The molecule has 9 rings (SSSR count). The Morgan fingerprint density at radius 2 is 1.19 bits per heavy atom. The number of hydrogen-bond acceptors (Lipinski definition) is 8. The summed E-state index contributed by atoms with van der Waals surface area (Å²) < 4.78 is 6.54. The molecule has 1 unspecified atom stereocenters. The third kappa shape index (κ3) is 6.44. The molecule has 0 saturated heterocycles. The molecule has 1 aliphatic carbocycles. The normalized spacial score (nSPS) is 16.0. The summed E-state index contributed by atoms with van der Waals surface area (Å²) in [6.45, 7) is 7.88. The molecule has 0 radical (unpaired) electrons. The lowest BCUT2D eigenvalue weighted by Gasteiger charge is -2.42. The molecule has 8 nitrogen and oxygen atoms in total. The van der Waals surface area contributed by atoms with Crippen LogP contribution in [0.25, 0.3) is 22.3 Å². The molecule has 3 aliphatic rings. The smallest absolute Gasteiger partial charge is 0.343 e. The molecule has 0 N–H and O–H groups in total. The second-order valence-corrected chi connectivity index (χ2v) is 14.8. The molecule has 58 heavy (non-hydrogen) atoms. The molecular formula is C50H38N4O4. The van der Waals surface area contributed by atoms with Crippen LogP contribution in [0.15, 0.2) is 180 Å². The van der Waals surface area contributed by atoms with E-state index in [9.17, 15) is 4.79 Å². The Hall–Kier alpha value is -7.45. The highest BCUT2D eigenvalue weighted by atomic mass is 16.5. The largest absolute Gasteiger partial charge is 0.425 e. The Balaban J connectivity index is 1.39. The van der Waals surface area contributed by atoms with Crippen LogP contribution in [0.2, 0.25) is 0 Å². The van der Waals surface area contributed by atoms with Gasteiger partial charge in [0.1, 0.15) is 17.4 Å². The van der Waals surface area contributed by atoms with Crippen LogP contribution in [0.1, 0.15) is 54.6 Å². The summed E-state index contributed by atoms with van der Waals surface area (Å²) in [5.41, 5.74) is 9.23. The number of ether oxygens (including phenoxy) is 1. The van der Waals surface area contributed by atoms with Crippen molar-refractivity contribution in [3.63, 3.8) is 0 Å². The van der Waals surface area contributed by atoms with Crippen LogP contribution in [-0.2, 0) is 9.53 Å². The monoisotopic (exact) mass is 758 g/mol. The molecule has 2 aliphatic heterocycles. The van der Waals surface area contributed by atoms with Crippen molar-refractivity contribution in [2.45, 2.75) is 33.6 Å². The number of fused-ring (bicyclic) bond motifs is 3. The number of allylic oxidation sites excluding steroid dienone is 6. The van der Waals surface area contributed by atoms with Crippen LogP contribution in [-0.4, -0.2) is 32.4 Å². The molecule has 5 aromatic carbocycles. The molecule has 1 aromatic heterocycles. The quantitative estimate of drug-likeness (QED) is 0.117. The maximum atomic E-state index is 15.9. The molecular weight excluding hydrogens is 721 g/mol. The van der Waals surface area contributed by atoms with Gasteiger partial charge in [-0.15, -0.1) is 0 Å². The average Bonchev–Trinajstić information content (AvgIpc) is 3.24. The van der Waals surface area contributed by atoms with Crippen LogP contribution in [0.5, 0.6) is 0 Å². The number of benzene rings is 5. The number of aryl methyl sites for hydroxylation is 4. The SMILES string of the molecule is Cc1ccc(C(=O)OC2=C(C(=O)c3ccc(C)cc3)C3=C(C(=O)C2c2nc4ccccc4nc2-c2ccc(C)cc2)N2C=CC=CC2=CN3c2ccc(C)cc2)cc1. The van der Waals surface area contributed by atoms with Crippen molar-refractivity contribution in [1.29, 1.82) is 0 Å². The fourth-order valence-electron chi connectivity index (χ4n) is 7.50. The zero-order chi connectivity index (χ0) is 40.1. The van der Waals surface area contributed by atoms with Crippen LogP contribution < -0.4 is 4.90 Å². The lowest BCUT2D eigenvalue weighted by molar-refractivity contribution is -0.118. The van der Waals surface area contributed by atoms with E-state index in [1.54, 1.807) is 29.2 Å². The van der Waals surface area contributed by atoms with E-state index in [4.69, 9.17) is 14.7 Å². The summed E-state index contributed by atoms with van der Waals surface area (Å²) in [5.74, 6) is -3.05. The highest BCUT2D eigenvalue weighted by molar-refractivity contribution is 6.19. The number of Topliss-reactive ketones (excluding diaryl/α,β-unsaturated/α-hetero) is 2. The third-order valence-electron chi connectivity index (χ3n) is 10.6. The van der Waals surface area contributed by atoms with Gasteiger partial charge in [0.25, 0.3) is 0 Å². The van der Waals surface area contributed by atoms with Crippen LogP contribution in [0.4, 0.5) is 5.69 Å². The van der Waals surface area contributed by atoms with Crippen molar-refractivity contribution in [2.75, 3.05) is 4.90 Å². The Labute approximate surface area is 336 Å². The zero-order valence-electron chi connectivity index (χ0n) is 32.4. The van der Waals surface area contributed by atoms with Crippen molar-refractivity contribution in [3.05, 3.63) is 219 Å².